The molecule has 4 aromatic rings. The van der Waals surface area contributed by atoms with Gasteiger partial charge in [-0.25, -0.2) is 9.18 Å². The van der Waals surface area contributed by atoms with E-state index in [4.69, 9.17) is 15.6 Å². The van der Waals surface area contributed by atoms with Crippen LogP contribution in [0, 0.1) is 31.0 Å². The monoisotopic (exact) mass is 503 g/mol. The van der Waals surface area contributed by atoms with Gasteiger partial charge in [0.1, 0.15) is 22.7 Å². The Balaban J connectivity index is 1.79. The molecule has 8 nitrogen and oxygen atoms in total. The lowest BCUT2D eigenvalue weighted by atomic mass is 9.94. The molecule has 5 rings (SSSR count). The van der Waals surface area contributed by atoms with Gasteiger partial charge >= 0.3 is 11.6 Å². The van der Waals surface area contributed by atoms with Crippen molar-refractivity contribution >= 4 is 27.5 Å². The number of aliphatic hydroxyl groups is 1. The number of hydrogen-bond acceptors (Lipinski definition) is 8. The Morgan fingerprint density at radius 3 is 2.84 bits per heavy atom. The van der Waals surface area contributed by atoms with Gasteiger partial charge in [0, 0.05) is 36.2 Å². The molecule has 37 heavy (non-hydrogen) atoms. The van der Waals surface area contributed by atoms with Crippen molar-refractivity contribution in [3.8, 4) is 35.4 Å². The molecular formula is C28H26FN3O5. The van der Waals surface area contributed by atoms with Crippen molar-refractivity contribution in [1.82, 2.24) is 9.97 Å². The number of phenolic OH excluding ortho intramolecular Hbond substituents is 1. The minimum Gasteiger partial charge on any atom is -0.508 e. The summed E-state index contributed by atoms with van der Waals surface area (Å²) in [5, 5.41) is 20.9. The van der Waals surface area contributed by atoms with Gasteiger partial charge in [0.2, 0.25) is 0 Å². The first-order chi connectivity index (χ1) is 17.9. The van der Waals surface area contributed by atoms with Crippen LogP contribution < -0.4 is 15.3 Å². The molecule has 0 saturated carbocycles. The van der Waals surface area contributed by atoms with Gasteiger partial charge in [-0.2, -0.15) is 9.97 Å². The van der Waals surface area contributed by atoms with Gasteiger partial charge in [0.05, 0.1) is 18.2 Å². The van der Waals surface area contributed by atoms with Crippen LogP contribution in [0.4, 0.5) is 10.2 Å². The van der Waals surface area contributed by atoms with E-state index < -0.39 is 11.4 Å². The number of nitrogens with zero attached hydrogens (tertiary/aromatic N) is 3. The standard InChI is InChI=1S/C28H26FN3O5/c1-4-19-21(29)8-7-17-12-18(34)13-20(22(17)19)25-15(2)24-23(27(35)37-25)26(31-28(30-24)36-3)32-10-5-6-16(14-32)9-11-33/h1,7-8,12-13,16,33-34H,5-6,9-11,14H2,2-3H3. The molecule has 2 aromatic heterocycles. The summed E-state index contributed by atoms with van der Waals surface area (Å²) in [6.45, 7) is 3.12. The van der Waals surface area contributed by atoms with Gasteiger partial charge < -0.3 is 24.3 Å². The van der Waals surface area contributed by atoms with Crippen molar-refractivity contribution in [2.75, 3.05) is 31.7 Å². The lowest BCUT2D eigenvalue weighted by Crippen LogP contribution is -2.37. The number of halogens is 1. The number of piperidine rings is 1. The molecule has 9 heteroatoms. The summed E-state index contributed by atoms with van der Waals surface area (Å²) in [7, 11) is 1.45. The van der Waals surface area contributed by atoms with Crippen molar-refractivity contribution in [3.05, 3.63) is 51.6 Å². The summed E-state index contributed by atoms with van der Waals surface area (Å²) in [5.41, 5.74) is 0.415. The van der Waals surface area contributed by atoms with Gasteiger partial charge in [-0.1, -0.05) is 12.0 Å². The van der Waals surface area contributed by atoms with Gasteiger partial charge in [-0.15, -0.1) is 6.42 Å². The lowest BCUT2D eigenvalue weighted by Gasteiger charge is -2.33. The van der Waals surface area contributed by atoms with E-state index in [-0.39, 0.29) is 46.6 Å². The number of hydrogen-bond donors (Lipinski definition) is 2. The second kappa shape index (κ2) is 9.71. The maximum absolute atomic E-state index is 14.6. The Kier molecular flexibility index (Phi) is 6.44. The second-order valence-corrected chi connectivity index (χ2v) is 9.23. The van der Waals surface area contributed by atoms with Crippen LogP contribution in [0.2, 0.25) is 0 Å². The van der Waals surface area contributed by atoms with E-state index in [2.05, 4.69) is 15.9 Å². The highest BCUT2D eigenvalue weighted by atomic mass is 19.1. The van der Waals surface area contributed by atoms with Crippen molar-refractivity contribution in [1.29, 1.82) is 0 Å². The number of fused-ring (bicyclic) bond motifs is 2. The predicted octanol–water partition coefficient (Wildman–Crippen LogP) is 4.15. The smallest absolute Gasteiger partial charge is 0.349 e. The zero-order valence-electron chi connectivity index (χ0n) is 20.5. The van der Waals surface area contributed by atoms with Gasteiger partial charge in [-0.3, -0.25) is 0 Å². The molecule has 1 atom stereocenters. The maximum atomic E-state index is 14.6. The number of aliphatic hydroxyl groups excluding tert-OH is 1. The Hall–Kier alpha value is -4.16. The fourth-order valence-electron chi connectivity index (χ4n) is 5.21. The van der Waals surface area contributed by atoms with E-state index in [0.717, 1.165) is 12.8 Å². The first kappa shape index (κ1) is 24.5. The number of aromatic nitrogens is 2. The molecule has 0 bridgehead atoms. The molecule has 0 radical (unpaired) electrons. The molecule has 2 aromatic carbocycles. The second-order valence-electron chi connectivity index (χ2n) is 9.23. The van der Waals surface area contributed by atoms with E-state index in [0.29, 0.717) is 47.2 Å². The molecule has 0 amide bonds. The van der Waals surface area contributed by atoms with Crippen LogP contribution in [0.25, 0.3) is 33.0 Å². The number of aromatic hydroxyl groups is 1. The Morgan fingerprint density at radius 2 is 2.11 bits per heavy atom. The summed E-state index contributed by atoms with van der Waals surface area (Å²) in [6, 6.07) is 5.69. The summed E-state index contributed by atoms with van der Waals surface area (Å²) in [6.07, 6.45) is 8.16. The maximum Gasteiger partial charge on any atom is 0.349 e. The Labute approximate surface area is 212 Å². The van der Waals surface area contributed by atoms with Crippen LogP contribution in [0.1, 0.15) is 30.4 Å². The summed E-state index contributed by atoms with van der Waals surface area (Å²) in [5.74, 6) is 2.47. The third-order valence-electron chi connectivity index (χ3n) is 6.94. The fourth-order valence-corrected chi connectivity index (χ4v) is 5.21. The average molecular weight is 504 g/mol. The third kappa shape index (κ3) is 4.23. The fraction of sp³-hybridized carbons (Fsp3) is 0.321. The SMILES string of the molecule is C#Cc1c(F)ccc2cc(O)cc(-c3oc(=O)c4c(N5CCCC(CCO)C5)nc(OC)nc4c3C)c12. The molecule has 0 spiro atoms. The Bertz CT molecular complexity index is 1620. The van der Waals surface area contributed by atoms with Gasteiger partial charge in [0.25, 0.3) is 0 Å². The number of ether oxygens (including phenoxy) is 1. The topological polar surface area (TPSA) is 109 Å². The van der Waals surface area contributed by atoms with Crippen molar-refractivity contribution in [2.24, 2.45) is 5.92 Å². The average Bonchev–Trinajstić information content (AvgIpc) is 2.90. The van der Waals surface area contributed by atoms with Crippen LogP contribution in [-0.2, 0) is 0 Å². The molecule has 1 saturated heterocycles. The molecule has 1 unspecified atom stereocenters. The van der Waals surface area contributed by atoms with Crippen molar-refractivity contribution < 1.29 is 23.8 Å². The Morgan fingerprint density at radius 1 is 1.30 bits per heavy atom. The number of terminal acetylenes is 1. The highest BCUT2D eigenvalue weighted by Gasteiger charge is 2.27. The third-order valence-corrected chi connectivity index (χ3v) is 6.94. The molecule has 2 N–H and O–H groups in total. The zero-order valence-corrected chi connectivity index (χ0v) is 20.5. The van der Waals surface area contributed by atoms with Crippen LogP contribution in [0.3, 0.4) is 0 Å². The largest absolute Gasteiger partial charge is 0.508 e. The van der Waals surface area contributed by atoms with Crippen LogP contribution >= 0.6 is 0 Å². The number of aryl methyl sites for hydroxylation is 1. The minimum absolute atomic E-state index is 0.00107. The summed E-state index contributed by atoms with van der Waals surface area (Å²) in [4.78, 5) is 24.5. The quantitative estimate of drug-likeness (QED) is 0.391. The number of anilines is 1. The highest BCUT2D eigenvalue weighted by Crippen LogP contribution is 2.39. The number of methoxy groups -OCH3 is 1. The molecule has 0 aliphatic carbocycles. The summed E-state index contributed by atoms with van der Waals surface area (Å²) < 4.78 is 25.9. The normalized spacial score (nSPS) is 15.8. The van der Waals surface area contributed by atoms with E-state index in [1.165, 1.54) is 31.4 Å². The molecule has 1 fully saturated rings. The minimum atomic E-state index is -0.673. The van der Waals surface area contributed by atoms with Crippen molar-refractivity contribution in [3.63, 3.8) is 0 Å². The van der Waals surface area contributed by atoms with Gasteiger partial charge in [0.15, 0.2) is 5.82 Å². The first-order valence-electron chi connectivity index (χ1n) is 12.0. The molecule has 1 aliphatic heterocycles. The molecular weight excluding hydrogens is 477 g/mol. The van der Waals surface area contributed by atoms with E-state index in [1.54, 1.807) is 6.92 Å². The lowest BCUT2D eigenvalue weighted by molar-refractivity contribution is 0.244. The van der Waals surface area contributed by atoms with Crippen LogP contribution in [-0.4, -0.2) is 47.0 Å². The first-order valence-corrected chi connectivity index (χ1v) is 12.0. The van der Waals surface area contributed by atoms with E-state index >= 15 is 0 Å². The number of benzene rings is 2. The van der Waals surface area contributed by atoms with Crippen molar-refractivity contribution in [2.45, 2.75) is 26.2 Å². The van der Waals surface area contributed by atoms with Gasteiger partial charge in [-0.05, 0) is 55.7 Å². The zero-order chi connectivity index (χ0) is 26.3. The van der Waals surface area contributed by atoms with E-state index in [1.807, 2.05) is 4.90 Å². The molecule has 190 valence electrons. The highest BCUT2D eigenvalue weighted by molar-refractivity contribution is 6.03. The van der Waals surface area contributed by atoms with E-state index in [9.17, 15) is 19.4 Å². The summed E-state index contributed by atoms with van der Waals surface area (Å²) >= 11 is 0. The van der Waals surface area contributed by atoms with Crippen LogP contribution in [0.15, 0.2) is 33.5 Å². The molecule has 1 aliphatic rings. The predicted molar refractivity (Wildman–Crippen MR) is 139 cm³/mol. The van der Waals surface area contributed by atoms with Crippen LogP contribution in [0.5, 0.6) is 11.8 Å². The number of rotatable bonds is 5. The molecule has 3 heterocycles. The number of phenols is 1.